The van der Waals surface area contributed by atoms with Crippen LogP contribution in [0, 0.1) is 5.92 Å². The molecular formula is C16H25F3N2O2. The van der Waals surface area contributed by atoms with Crippen molar-refractivity contribution in [2.75, 3.05) is 26.2 Å². The lowest BCUT2D eigenvalue weighted by Crippen LogP contribution is -2.40. The fourth-order valence-electron chi connectivity index (χ4n) is 3.40. The van der Waals surface area contributed by atoms with Crippen LogP contribution in [0.4, 0.5) is 13.2 Å². The van der Waals surface area contributed by atoms with Gasteiger partial charge in [0.25, 0.3) is 0 Å². The van der Waals surface area contributed by atoms with Gasteiger partial charge in [0.15, 0.2) is 0 Å². The molecule has 0 aromatic heterocycles. The van der Waals surface area contributed by atoms with E-state index in [0.717, 1.165) is 25.7 Å². The molecular weight excluding hydrogens is 309 g/mol. The second-order valence-electron chi connectivity index (χ2n) is 6.51. The van der Waals surface area contributed by atoms with Crippen LogP contribution in [0.3, 0.4) is 0 Å². The molecule has 0 aromatic carbocycles. The molecule has 2 aliphatic rings. The monoisotopic (exact) mass is 334 g/mol. The van der Waals surface area contributed by atoms with Crippen molar-refractivity contribution in [2.24, 2.45) is 5.92 Å². The van der Waals surface area contributed by atoms with E-state index in [1.165, 1.54) is 11.3 Å². The molecule has 0 N–H and O–H groups in total. The van der Waals surface area contributed by atoms with Crippen LogP contribution in [0.5, 0.6) is 0 Å². The third kappa shape index (κ3) is 5.70. The van der Waals surface area contributed by atoms with Gasteiger partial charge in [0.1, 0.15) is 0 Å². The highest BCUT2D eigenvalue weighted by Gasteiger charge is 2.31. The normalized spacial score (nSPS) is 21.2. The molecule has 1 aliphatic carbocycles. The first-order valence-electron chi connectivity index (χ1n) is 8.50. The maximum Gasteiger partial charge on any atom is 0.389 e. The van der Waals surface area contributed by atoms with Crippen LogP contribution in [-0.2, 0) is 9.59 Å². The van der Waals surface area contributed by atoms with Crippen molar-refractivity contribution in [1.82, 2.24) is 9.80 Å². The lowest BCUT2D eigenvalue weighted by molar-refractivity contribution is -0.149. The van der Waals surface area contributed by atoms with Crippen molar-refractivity contribution in [1.29, 1.82) is 0 Å². The molecule has 0 spiro atoms. The summed E-state index contributed by atoms with van der Waals surface area (Å²) < 4.78 is 36.6. The molecule has 2 rings (SSSR count). The summed E-state index contributed by atoms with van der Waals surface area (Å²) in [5.74, 6) is -0.209. The van der Waals surface area contributed by atoms with Crippen LogP contribution in [0.2, 0.25) is 0 Å². The largest absolute Gasteiger partial charge is 0.389 e. The Morgan fingerprint density at radius 1 is 0.870 bits per heavy atom. The van der Waals surface area contributed by atoms with Crippen molar-refractivity contribution in [3.63, 3.8) is 0 Å². The molecule has 0 atom stereocenters. The van der Waals surface area contributed by atoms with Crippen LogP contribution >= 0.6 is 0 Å². The van der Waals surface area contributed by atoms with Crippen molar-refractivity contribution < 1.29 is 22.8 Å². The number of nitrogens with zero attached hydrogens (tertiary/aromatic N) is 2. The zero-order valence-electron chi connectivity index (χ0n) is 13.4. The molecule has 0 radical (unpaired) electrons. The van der Waals surface area contributed by atoms with Crippen LogP contribution in [0.1, 0.15) is 51.4 Å². The summed E-state index contributed by atoms with van der Waals surface area (Å²) in [7, 11) is 0. The summed E-state index contributed by atoms with van der Waals surface area (Å²) >= 11 is 0. The van der Waals surface area contributed by atoms with Crippen LogP contribution in [-0.4, -0.2) is 54.0 Å². The van der Waals surface area contributed by atoms with E-state index in [9.17, 15) is 22.8 Å². The molecule has 1 saturated heterocycles. The number of amides is 2. The summed E-state index contributed by atoms with van der Waals surface area (Å²) in [4.78, 5) is 27.7. The zero-order valence-corrected chi connectivity index (χ0v) is 13.4. The number of halogens is 3. The quantitative estimate of drug-likeness (QED) is 0.796. The SMILES string of the molecule is O=C(CCC(F)(F)F)N1CCCN(C(=O)C2CCCCC2)CC1. The Kier molecular flexibility index (Phi) is 6.30. The van der Waals surface area contributed by atoms with Crippen LogP contribution < -0.4 is 0 Å². The standard InChI is InChI=1S/C16H25F3N2O2/c17-16(18,19)8-7-14(22)20-9-4-10-21(12-11-20)15(23)13-5-2-1-3-6-13/h13H,1-12H2. The molecule has 23 heavy (non-hydrogen) atoms. The van der Waals surface area contributed by atoms with Gasteiger partial charge in [0.05, 0.1) is 6.42 Å². The van der Waals surface area contributed by atoms with Gasteiger partial charge >= 0.3 is 6.18 Å². The Bertz CT molecular complexity index is 420. The molecule has 0 unspecified atom stereocenters. The minimum atomic E-state index is -4.30. The third-order valence-corrected chi connectivity index (χ3v) is 4.74. The summed E-state index contributed by atoms with van der Waals surface area (Å²) in [5.41, 5.74) is 0. The van der Waals surface area contributed by atoms with Crippen LogP contribution in [0.15, 0.2) is 0 Å². The molecule has 2 fully saturated rings. The number of hydrogen-bond donors (Lipinski definition) is 0. The van der Waals surface area contributed by atoms with Gasteiger partial charge in [-0.25, -0.2) is 0 Å². The van der Waals surface area contributed by atoms with Gasteiger partial charge in [0, 0.05) is 38.5 Å². The lowest BCUT2D eigenvalue weighted by atomic mass is 9.88. The summed E-state index contributed by atoms with van der Waals surface area (Å²) in [6.07, 6.45) is -0.00911. The Balaban J connectivity index is 1.81. The molecule has 1 heterocycles. The van der Waals surface area contributed by atoms with E-state index >= 15 is 0 Å². The maximum absolute atomic E-state index is 12.5. The molecule has 0 aromatic rings. The molecule has 4 nitrogen and oxygen atoms in total. The maximum atomic E-state index is 12.5. The predicted octanol–water partition coefficient (Wildman–Crippen LogP) is 2.97. The van der Waals surface area contributed by atoms with Gasteiger partial charge in [0.2, 0.25) is 11.8 Å². The number of alkyl halides is 3. The van der Waals surface area contributed by atoms with Crippen molar-refractivity contribution >= 4 is 11.8 Å². The second-order valence-corrected chi connectivity index (χ2v) is 6.51. The van der Waals surface area contributed by atoms with Gasteiger partial charge in [-0.2, -0.15) is 13.2 Å². The predicted molar refractivity (Wildman–Crippen MR) is 79.6 cm³/mol. The molecule has 0 bridgehead atoms. The minimum Gasteiger partial charge on any atom is -0.341 e. The Labute approximate surface area is 135 Å². The zero-order chi connectivity index (χ0) is 16.9. The van der Waals surface area contributed by atoms with Gasteiger partial charge in [-0.3, -0.25) is 9.59 Å². The first-order chi connectivity index (χ1) is 10.9. The van der Waals surface area contributed by atoms with Crippen LogP contribution in [0.25, 0.3) is 0 Å². The van der Waals surface area contributed by atoms with E-state index in [1.807, 2.05) is 0 Å². The molecule has 1 aliphatic heterocycles. The van der Waals surface area contributed by atoms with E-state index in [2.05, 4.69) is 0 Å². The highest BCUT2D eigenvalue weighted by atomic mass is 19.4. The van der Waals surface area contributed by atoms with E-state index in [-0.39, 0.29) is 11.8 Å². The van der Waals surface area contributed by atoms with E-state index in [4.69, 9.17) is 0 Å². The average molecular weight is 334 g/mol. The summed E-state index contributed by atoms with van der Waals surface area (Å²) in [6, 6.07) is 0. The Morgan fingerprint density at radius 2 is 1.48 bits per heavy atom. The first-order valence-corrected chi connectivity index (χ1v) is 8.50. The van der Waals surface area contributed by atoms with E-state index in [1.54, 1.807) is 4.90 Å². The number of carbonyl (C=O) groups excluding carboxylic acids is 2. The molecule has 7 heteroatoms. The Morgan fingerprint density at radius 3 is 2.13 bits per heavy atom. The molecule has 132 valence electrons. The van der Waals surface area contributed by atoms with E-state index in [0.29, 0.717) is 32.6 Å². The van der Waals surface area contributed by atoms with Gasteiger partial charge in [-0.15, -0.1) is 0 Å². The summed E-state index contributed by atoms with van der Waals surface area (Å²) in [6.45, 7) is 1.81. The summed E-state index contributed by atoms with van der Waals surface area (Å²) in [5, 5.41) is 0. The highest BCUT2D eigenvalue weighted by molar-refractivity contribution is 5.79. The lowest BCUT2D eigenvalue weighted by Gasteiger charge is -2.28. The minimum absolute atomic E-state index is 0.0937. The fourth-order valence-corrected chi connectivity index (χ4v) is 3.40. The average Bonchev–Trinajstić information content (AvgIpc) is 2.78. The van der Waals surface area contributed by atoms with Crippen molar-refractivity contribution in [3.05, 3.63) is 0 Å². The molecule has 1 saturated carbocycles. The fraction of sp³-hybridized carbons (Fsp3) is 0.875. The third-order valence-electron chi connectivity index (χ3n) is 4.74. The van der Waals surface area contributed by atoms with Gasteiger partial charge in [-0.05, 0) is 19.3 Å². The van der Waals surface area contributed by atoms with Crippen molar-refractivity contribution in [3.8, 4) is 0 Å². The smallest absolute Gasteiger partial charge is 0.341 e. The van der Waals surface area contributed by atoms with Gasteiger partial charge in [-0.1, -0.05) is 19.3 Å². The number of hydrogen-bond acceptors (Lipinski definition) is 2. The van der Waals surface area contributed by atoms with E-state index < -0.39 is 24.9 Å². The Hall–Kier alpha value is -1.27. The number of carbonyl (C=O) groups is 2. The van der Waals surface area contributed by atoms with Crippen molar-refractivity contribution in [2.45, 2.75) is 57.5 Å². The van der Waals surface area contributed by atoms with Gasteiger partial charge < -0.3 is 9.80 Å². The molecule has 2 amide bonds. The number of rotatable bonds is 3. The topological polar surface area (TPSA) is 40.6 Å². The first kappa shape index (κ1) is 18.1. The highest BCUT2D eigenvalue weighted by Crippen LogP contribution is 2.26. The second kappa shape index (κ2) is 8.02.